The van der Waals surface area contributed by atoms with Gasteiger partial charge in [0, 0.05) is 26.3 Å². The van der Waals surface area contributed by atoms with E-state index in [2.05, 4.69) is 22.5 Å². The molecule has 154 valence electrons. The molecule has 1 saturated heterocycles. The minimum absolute atomic E-state index is 0. The first-order valence-corrected chi connectivity index (χ1v) is 9.71. The largest absolute Gasteiger partial charge is 0.489 e. The van der Waals surface area contributed by atoms with Crippen molar-refractivity contribution in [1.82, 2.24) is 10.6 Å². The van der Waals surface area contributed by atoms with Crippen LogP contribution in [0, 0.1) is 0 Å². The molecule has 2 N–H and O–H groups in total. The highest BCUT2D eigenvalue weighted by Gasteiger charge is 2.14. The Labute approximate surface area is 180 Å². The number of nitrogens with zero attached hydrogens (tertiary/aromatic N) is 1. The highest BCUT2D eigenvalue weighted by molar-refractivity contribution is 14.0. The van der Waals surface area contributed by atoms with Crippen LogP contribution in [0.15, 0.2) is 35.3 Å². The third-order valence-corrected chi connectivity index (χ3v) is 4.02. The molecule has 1 fully saturated rings. The van der Waals surface area contributed by atoms with Crippen LogP contribution >= 0.6 is 24.0 Å². The summed E-state index contributed by atoms with van der Waals surface area (Å²) < 4.78 is 17.1. The van der Waals surface area contributed by atoms with Gasteiger partial charge >= 0.3 is 0 Å². The van der Waals surface area contributed by atoms with Crippen LogP contribution in [-0.4, -0.2) is 57.6 Å². The zero-order valence-electron chi connectivity index (χ0n) is 16.5. The number of aliphatic imine (C=N–C) groups is 1. The average molecular weight is 491 g/mol. The van der Waals surface area contributed by atoms with Crippen molar-refractivity contribution < 1.29 is 14.2 Å². The molecule has 0 spiro atoms. The van der Waals surface area contributed by atoms with Gasteiger partial charge in [-0.3, -0.25) is 0 Å². The van der Waals surface area contributed by atoms with Crippen molar-refractivity contribution in [3.05, 3.63) is 30.3 Å². The quantitative estimate of drug-likeness (QED) is 0.216. The molecule has 0 aromatic heterocycles. The lowest BCUT2D eigenvalue weighted by Gasteiger charge is -2.15. The van der Waals surface area contributed by atoms with E-state index in [0.717, 1.165) is 57.3 Å². The first-order chi connectivity index (χ1) is 12.8. The van der Waals surface area contributed by atoms with Gasteiger partial charge in [-0.05, 0) is 45.2 Å². The number of halogens is 1. The molecule has 1 aliphatic rings. The van der Waals surface area contributed by atoms with Crippen LogP contribution in [0.5, 0.6) is 5.75 Å². The fraction of sp³-hybridized carbons (Fsp3) is 0.650. The van der Waals surface area contributed by atoms with E-state index < -0.39 is 0 Å². The van der Waals surface area contributed by atoms with E-state index in [1.165, 1.54) is 0 Å². The highest BCUT2D eigenvalue weighted by atomic mass is 127. The van der Waals surface area contributed by atoms with E-state index in [4.69, 9.17) is 14.2 Å². The summed E-state index contributed by atoms with van der Waals surface area (Å²) in [6.07, 6.45) is 3.53. The van der Waals surface area contributed by atoms with Gasteiger partial charge in [0.25, 0.3) is 0 Å². The Balaban J connectivity index is 0.00000364. The van der Waals surface area contributed by atoms with Crippen molar-refractivity contribution in [3.63, 3.8) is 0 Å². The Morgan fingerprint density at radius 3 is 2.81 bits per heavy atom. The van der Waals surface area contributed by atoms with Gasteiger partial charge in [0.1, 0.15) is 11.9 Å². The van der Waals surface area contributed by atoms with Crippen LogP contribution < -0.4 is 15.4 Å². The van der Waals surface area contributed by atoms with Crippen molar-refractivity contribution in [2.75, 3.05) is 39.5 Å². The second-order valence-corrected chi connectivity index (χ2v) is 6.45. The number of ether oxygens (including phenoxy) is 3. The molecule has 6 nitrogen and oxygen atoms in total. The van der Waals surface area contributed by atoms with E-state index in [1.807, 2.05) is 37.3 Å². The molecule has 0 saturated carbocycles. The Morgan fingerprint density at radius 1 is 1.30 bits per heavy atom. The third kappa shape index (κ3) is 10.8. The van der Waals surface area contributed by atoms with Gasteiger partial charge in [-0.2, -0.15) is 0 Å². The molecule has 0 radical (unpaired) electrons. The summed E-state index contributed by atoms with van der Waals surface area (Å²) >= 11 is 0. The molecule has 1 aliphatic heterocycles. The molecule has 7 heteroatoms. The molecule has 1 aromatic rings. The lowest BCUT2D eigenvalue weighted by Crippen LogP contribution is -2.38. The van der Waals surface area contributed by atoms with Crippen LogP contribution in [0.1, 0.15) is 33.1 Å². The summed E-state index contributed by atoms with van der Waals surface area (Å²) in [6, 6.07) is 9.84. The van der Waals surface area contributed by atoms with E-state index in [9.17, 15) is 0 Å². The van der Waals surface area contributed by atoms with E-state index in [1.54, 1.807) is 0 Å². The molecule has 27 heavy (non-hydrogen) atoms. The summed E-state index contributed by atoms with van der Waals surface area (Å²) in [7, 11) is 0. The van der Waals surface area contributed by atoms with Crippen LogP contribution in [0.3, 0.4) is 0 Å². The number of nitrogens with one attached hydrogen (secondary N) is 2. The fourth-order valence-corrected chi connectivity index (χ4v) is 2.70. The predicted octanol–water partition coefficient (Wildman–Crippen LogP) is 3.21. The lowest BCUT2D eigenvalue weighted by atomic mass is 10.2. The van der Waals surface area contributed by atoms with Gasteiger partial charge in [-0.1, -0.05) is 18.2 Å². The number of rotatable bonds is 11. The van der Waals surface area contributed by atoms with Crippen LogP contribution in [0.2, 0.25) is 0 Å². The highest BCUT2D eigenvalue weighted by Crippen LogP contribution is 2.12. The van der Waals surface area contributed by atoms with E-state index in [0.29, 0.717) is 19.3 Å². The monoisotopic (exact) mass is 491 g/mol. The lowest BCUT2D eigenvalue weighted by molar-refractivity contribution is 0.0168. The Kier molecular flexibility index (Phi) is 13.3. The minimum Gasteiger partial charge on any atom is -0.489 e. The SMILES string of the molecule is CCNC(=NCC(C)Oc1ccccc1)NCCCOCC1CCCO1.I. The van der Waals surface area contributed by atoms with Crippen molar-refractivity contribution in [2.24, 2.45) is 4.99 Å². The van der Waals surface area contributed by atoms with Gasteiger partial charge in [-0.15, -0.1) is 24.0 Å². The van der Waals surface area contributed by atoms with E-state index in [-0.39, 0.29) is 30.1 Å². The second-order valence-electron chi connectivity index (χ2n) is 6.45. The van der Waals surface area contributed by atoms with Crippen molar-refractivity contribution >= 4 is 29.9 Å². The smallest absolute Gasteiger partial charge is 0.191 e. The summed E-state index contributed by atoms with van der Waals surface area (Å²) in [5.74, 6) is 1.69. The van der Waals surface area contributed by atoms with Gasteiger partial charge in [0.15, 0.2) is 5.96 Å². The minimum atomic E-state index is 0. The predicted molar refractivity (Wildman–Crippen MR) is 120 cm³/mol. The zero-order valence-corrected chi connectivity index (χ0v) is 18.8. The first-order valence-electron chi connectivity index (χ1n) is 9.71. The third-order valence-electron chi connectivity index (χ3n) is 4.02. The summed E-state index contributed by atoms with van der Waals surface area (Å²) in [6.45, 7) is 8.66. The molecular formula is C20H34IN3O3. The van der Waals surface area contributed by atoms with Crippen molar-refractivity contribution in [2.45, 2.75) is 45.3 Å². The Hall–Kier alpha value is -1.06. The number of hydrogen-bond donors (Lipinski definition) is 2. The number of guanidine groups is 1. The topological polar surface area (TPSA) is 64.1 Å². The number of benzene rings is 1. The number of hydrogen-bond acceptors (Lipinski definition) is 4. The first kappa shape index (κ1) is 24.0. The molecule has 0 amide bonds. The molecule has 1 aromatic carbocycles. The van der Waals surface area contributed by atoms with Gasteiger partial charge in [0.2, 0.25) is 0 Å². The van der Waals surface area contributed by atoms with Gasteiger partial charge in [0.05, 0.1) is 19.3 Å². The van der Waals surface area contributed by atoms with Crippen molar-refractivity contribution in [1.29, 1.82) is 0 Å². The second kappa shape index (κ2) is 14.9. The Morgan fingerprint density at radius 2 is 2.11 bits per heavy atom. The van der Waals surface area contributed by atoms with Gasteiger partial charge < -0.3 is 24.8 Å². The normalized spacial score (nSPS) is 17.9. The fourth-order valence-electron chi connectivity index (χ4n) is 2.70. The standard InChI is InChI=1S/C20H33N3O3.HI/c1-3-21-20(22-12-8-13-24-16-19-11-7-14-25-19)23-15-17(2)26-18-9-5-4-6-10-18;/h4-6,9-10,17,19H,3,7-8,11-16H2,1-2H3,(H2,21,22,23);1H. The van der Waals surface area contributed by atoms with Crippen molar-refractivity contribution in [3.8, 4) is 5.75 Å². The molecular weight excluding hydrogens is 457 g/mol. The maximum Gasteiger partial charge on any atom is 0.191 e. The summed E-state index contributed by atoms with van der Waals surface area (Å²) in [4.78, 5) is 4.60. The summed E-state index contributed by atoms with van der Waals surface area (Å²) in [5.41, 5.74) is 0. The maximum atomic E-state index is 5.85. The maximum absolute atomic E-state index is 5.85. The van der Waals surface area contributed by atoms with E-state index >= 15 is 0 Å². The molecule has 2 rings (SSSR count). The molecule has 2 unspecified atom stereocenters. The number of para-hydroxylation sites is 1. The van der Waals surface area contributed by atoms with Crippen LogP contribution in [0.25, 0.3) is 0 Å². The summed E-state index contributed by atoms with van der Waals surface area (Å²) in [5, 5.41) is 6.60. The molecule has 1 heterocycles. The molecule has 0 bridgehead atoms. The average Bonchev–Trinajstić information content (AvgIpc) is 3.16. The van der Waals surface area contributed by atoms with Gasteiger partial charge in [-0.25, -0.2) is 4.99 Å². The molecule has 2 atom stereocenters. The zero-order chi connectivity index (χ0) is 18.5. The van der Waals surface area contributed by atoms with Crippen LogP contribution in [-0.2, 0) is 9.47 Å². The van der Waals surface area contributed by atoms with Crippen LogP contribution in [0.4, 0.5) is 0 Å². The molecule has 0 aliphatic carbocycles. The Bertz CT molecular complexity index is 510.